The topological polar surface area (TPSA) is 93.6 Å². The summed E-state index contributed by atoms with van der Waals surface area (Å²) in [5, 5.41) is 0.686. The Morgan fingerprint density at radius 3 is 2.26 bits per heavy atom. The Labute approximate surface area is 225 Å². The Balaban J connectivity index is 1.59. The van der Waals surface area contributed by atoms with Crippen LogP contribution in [-0.2, 0) is 32.9 Å². The smallest absolute Gasteiger partial charge is 0.379 e. The van der Waals surface area contributed by atoms with Crippen LogP contribution >= 0.6 is 0 Å². The van der Waals surface area contributed by atoms with E-state index in [-0.39, 0.29) is 23.2 Å². The van der Waals surface area contributed by atoms with E-state index >= 15 is 0 Å². The summed E-state index contributed by atoms with van der Waals surface area (Å²) < 4.78 is 98.1. The number of halogens is 3. The molecule has 1 heterocycles. The summed E-state index contributed by atoms with van der Waals surface area (Å²) in [4.78, 5) is 3.71. The van der Waals surface area contributed by atoms with E-state index in [0.717, 1.165) is 18.2 Å². The predicted octanol–water partition coefficient (Wildman–Crippen LogP) is 6.01. The van der Waals surface area contributed by atoms with Gasteiger partial charge in [0.25, 0.3) is 0 Å². The lowest BCUT2D eigenvalue weighted by molar-refractivity contribution is -0.137. The zero-order chi connectivity index (χ0) is 28.4. The highest BCUT2D eigenvalue weighted by Gasteiger charge is 2.32. The SMILES string of the molecule is CCC(C)N(Cc1ccc(OS(=O)(=O)c2cccc(C(F)(F)F)c2)cc1)S(=O)(=O)c1cccc2cccnc12. The standard InChI is InChI=1S/C27H25F3N2O5S2/c1-3-19(2)32(38(33,34)25-11-4-7-21-8-6-16-31-26(21)25)18-20-12-14-23(15-13-20)37-39(35,36)24-10-5-9-22(17-24)27(28,29)30/h4-17,19H,3,18H2,1-2H3. The molecule has 1 aromatic heterocycles. The fourth-order valence-corrected chi connectivity index (χ4v) is 6.76. The third-order valence-corrected chi connectivity index (χ3v) is 9.42. The highest BCUT2D eigenvalue weighted by atomic mass is 32.2. The first-order valence-electron chi connectivity index (χ1n) is 11.9. The zero-order valence-corrected chi connectivity index (χ0v) is 22.6. The van der Waals surface area contributed by atoms with Crippen LogP contribution in [-0.4, -0.2) is 32.2 Å². The molecule has 0 saturated heterocycles. The van der Waals surface area contributed by atoms with Crippen molar-refractivity contribution < 1.29 is 34.2 Å². The van der Waals surface area contributed by atoms with Crippen LogP contribution in [0.4, 0.5) is 13.2 Å². The number of rotatable bonds is 9. The van der Waals surface area contributed by atoms with E-state index in [1.54, 1.807) is 31.2 Å². The molecule has 0 aliphatic rings. The van der Waals surface area contributed by atoms with Crippen LogP contribution in [0, 0.1) is 0 Å². The van der Waals surface area contributed by atoms with Crippen molar-refractivity contribution >= 4 is 31.0 Å². The minimum absolute atomic E-state index is 0.0127. The van der Waals surface area contributed by atoms with Gasteiger partial charge in [-0.1, -0.05) is 43.3 Å². The number of nitrogens with zero attached hydrogens (tertiary/aromatic N) is 2. The number of aromatic nitrogens is 1. The van der Waals surface area contributed by atoms with E-state index in [0.29, 0.717) is 29.0 Å². The molecular weight excluding hydrogens is 553 g/mol. The quantitative estimate of drug-likeness (QED) is 0.226. The summed E-state index contributed by atoms with van der Waals surface area (Å²) in [5.41, 5.74) is -0.206. The van der Waals surface area contributed by atoms with Crippen LogP contribution in [0.25, 0.3) is 10.9 Å². The number of alkyl halides is 3. The molecule has 0 bridgehead atoms. The van der Waals surface area contributed by atoms with Gasteiger partial charge in [-0.3, -0.25) is 4.98 Å². The van der Waals surface area contributed by atoms with Gasteiger partial charge in [0.05, 0.1) is 11.1 Å². The van der Waals surface area contributed by atoms with Gasteiger partial charge in [-0.2, -0.15) is 25.9 Å². The number of hydrogen-bond acceptors (Lipinski definition) is 6. The summed E-state index contributed by atoms with van der Waals surface area (Å²) in [6, 6.07) is 17.0. The molecule has 4 rings (SSSR count). The summed E-state index contributed by atoms with van der Waals surface area (Å²) >= 11 is 0. The number of sulfonamides is 1. The maximum Gasteiger partial charge on any atom is 0.416 e. The molecule has 0 aliphatic carbocycles. The molecule has 39 heavy (non-hydrogen) atoms. The Morgan fingerprint density at radius 2 is 1.59 bits per heavy atom. The van der Waals surface area contributed by atoms with Gasteiger partial charge in [0.15, 0.2) is 0 Å². The van der Waals surface area contributed by atoms with E-state index in [9.17, 15) is 30.0 Å². The summed E-state index contributed by atoms with van der Waals surface area (Å²) in [6.07, 6.45) is -2.65. The van der Waals surface area contributed by atoms with E-state index in [1.165, 1.54) is 40.8 Å². The molecule has 7 nitrogen and oxygen atoms in total. The molecule has 1 atom stereocenters. The van der Waals surface area contributed by atoms with Crippen LogP contribution < -0.4 is 4.18 Å². The Morgan fingerprint density at radius 1 is 0.923 bits per heavy atom. The normalized spacial score (nSPS) is 13.5. The van der Waals surface area contributed by atoms with Crippen molar-refractivity contribution in [3.05, 3.63) is 96.2 Å². The summed E-state index contributed by atoms with van der Waals surface area (Å²) in [6.45, 7) is 3.64. The zero-order valence-electron chi connectivity index (χ0n) is 21.0. The third-order valence-electron chi connectivity index (χ3n) is 6.18. The van der Waals surface area contributed by atoms with Crippen LogP contribution in [0.3, 0.4) is 0 Å². The Kier molecular flexibility index (Phi) is 8.01. The Bertz CT molecular complexity index is 1690. The molecule has 0 aliphatic heterocycles. The maximum atomic E-state index is 13.8. The summed E-state index contributed by atoms with van der Waals surface area (Å²) in [7, 11) is -8.52. The van der Waals surface area contributed by atoms with Gasteiger partial charge in [0.2, 0.25) is 10.0 Å². The largest absolute Gasteiger partial charge is 0.416 e. The van der Waals surface area contributed by atoms with Gasteiger partial charge in [0, 0.05) is 24.2 Å². The van der Waals surface area contributed by atoms with Crippen molar-refractivity contribution in [2.24, 2.45) is 0 Å². The second-order valence-corrected chi connectivity index (χ2v) is 12.3. The molecule has 0 saturated carbocycles. The van der Waals surface area contributed by atoms with Crippen molar-refractivity contribution in [1.82, 2.24) is 9.29 Å². The van der Waals surface area contributed by atoms with Crippen LogP contribution in [0.15, 0.2) is 94.9 Å². The van der Waals surface area contributed by atoms with E-state index in [1.807, 2.05) is 6.92 Å². The highest BCUT2D eigenvalue weighted by Crippen LogP contribution is 2.32. The Hall–Kier alpha value is -3.48. The lowest BCUT2D eigenvalue weighted by atomic mass is 10.2. The molecule has 0 spiro atoms. The highest BCUT2D eigenvalue weighted by molar-refractivity contribution is 7.89. The minimum Gasteiger partial charge on any atom is -0.379 e. The maximum absolute atomic E-state index is 13.8. The number of pyridine rings is 1. The number of hydrogen-bond donors (Lipinski definition) is 0. The second-order valence-electron chi connectivity index (χ2n) is 8.85. The lowest BCUT2D eigenvalue weighted by Gasteiger charge is -2.28. The second kappa shape index (κ2) is 10.9. The van der Waals surface area contributed by atoms with Crippen molar-refractivity contribution in [2.45, 2.75) is 48.8 Å². The summed E-state index contributed by atoms with van der Waals surface area (Å²) in [5.74, 6) is -0.132. The fourth-order valence-electron chi connectivity index (χ4n) is 3.93. The number of fused-ring (bicyclic) bond motifs is 1. The first kappa shape index (κ1) is 28.5. The molecule has 3 aromatic carbocycles. The minimum atomic E-state index is -4.71. The molecule has 0 radical (unpaired) electrons. The molecule has 0 amide bonds. The molecule has 4 aromatic rings. The lowest BCUT2D eigenvalue weighted by Crippen LogP contribution is -2.37. The van der Waals surface area contributed by atoms with Crippen LogP contribution in [0.2, 0.25) is 0 Å². The van der Waals surface area contributed by atoms with Crippen LogP contribution in [0.5, 0.6) is 5.75 Å². The van der Waals surface area contributed by atoms with Crippen molar-refractivity contribution in [3.63, 3.8) is 0 Å². The average molecular weight is 579 g/mol. The van der Waals surface area contributed by atoms with Gasteiger partial charge in [-0.25, -0.2) is 8.42 Å². The van der Waals surface area contributed by atoms with Gasteiger partial charge >= 0.3 is 16.3 Å². The van der Waals surface area contributed by atoms with Crippen molar-refractivity contribution in [1.29, 1.82) is 0 Å². The molecule has 1 unspecified atom stereocenters. The van der Waals surface area contributed by atoms with Gasteiger partial charge in [-0.05, 0) is 61.4 Å². The van der Waals surface area contributed by atoms with E-state index in [2.05, 4.69) is 4.98 Å². The van der Waals surface area contributed by atoms with E-state index in [4.69, 9.17) is 4.18 Å². The first-order chi connectivity index (χ1) is 18.3. The third kappa shape index (κ3) is 6.23. The molecular formula is C27H25F3N2O5S2. The van der Waals surface area contributed by atoms with E-state index < -0.39 is 36.8 Å². The van der Waals surface area contributed by atoms with Crippen molar-refractivity contribution in [2.75, 3.05) is 0 Å². The molecule has 206 valence electrons. The number of benzene rings is 3. The van der Waals surface area contributed by atoms with Crippen molar-refractivity contribution in [3.8, 4) is 5.75 Å². The number of para-hydroxylation sites is 1. The first-order valence-corrected chi connectivity index (χ1v) is 14.7. The average Bonchev–Trinajstić information content (AvgIpc) is 2.91. The van der Waals surface area contributed by atoms with Gasteiger partial charge in [0.1, 0.15) is 15.5 Å². The fraction of sp³-hybridized carbons (Fsp3) is 0.222. The monoisotopic (exact) mass is 578 g/mol. The predicted molar refractivity (Wildman–Crippen MR) is 140 cm³/mol. The molecule has 0 N–H and O–H groups in total. The van der Waals surface area contributed by atoms with Crippen LogP contribution in [0.1, 0.15) is 31.4 Å². The molecule has 12 heteroatoms. The van der Waals surface area contributed by atoms with Gasteiger partial charge < -0.3 is 4.18 Å². The molecule has 0 fully saturated rings. The van der Waals surface area contributed by atoms with Gasteiger partial charge in [-0.15, -0.1) is 0 Å².